The molecule has 0 radical (unpaired) electrons. The van der Waals surface area contributed by atoms with Crippen LogP contribution in [0.5, 0.6) is 0 Å². The molecule has 2 aromatic carbocycles. The van der Waals surface area contributed by atoms with Crippen LogP contribution >= 0.6 is 11.6 Å². The average Bonchev–Trinajstić information content (AvgIpc) is 3.28. The van der Waals surface area contributed by atoms with E-state index in [1.807, 2.05) is 24.3 Å². The number of anilines is 1. The molecule has 0 aromatic heterocycles. The highest BCUT2D eigenvalue weighted by Crippen LogP contribution is 2.49. The van der Waals surface area contributed by atoms with E-state index in [1.54, 1.807) is 12.1 Å². The van der Waals surface area contributed by atoms with Gasteiger partial charge in [0.05, 0.1) is 4.90 Å². The van der Waals surface area contributed by atoms with E-state index in [-0.39, 0.29) is 22.6 Å². The van der Waals surface area contributed by atoms with Gasteiger partial charge in [0.25, 0.3) is 0 Å². The second-order valence-electron chi connectivity index (χ2n) is 5.76. The largest absolute Gasteiger partial charge is 0.326 e. The van der Waals surface area contributed by atoms with Crippen LogP contribution in [0.1, 0.15) is 17.9 Å². The molecule has 1 N–H and O–H groups in total. The summed E-state index contributed by atoms with van der Waals surface area (Å²) in [5, 5.41) is 3.51. The molecule has 0 bridgehead atoms. The third-order valence-electron chi connectivity index (χ3n) is 3.98. The Morgan fingerprint density at radius 3 is 2.39 bits per heavy atom. The molecular formula is C17H16ClNO3S. The van der Waals surface area contributed by atoms with Crippen LogP contribution in [0.25, 0.3) is 0 Å². The summed E-state index contributed by atoms with van der Waals surface area (Å²) in [6.07, 6.45) is 1.93. The number of sulfone groups is 1. The van der Waals surface area contributed by atoms with E-state index in [2.05, 4.69) is 5.32 Å². The first-order valence-electron chi connectivity index (χ1n) is 7.21. The molecule has 120 valence electrons. The van der Waals surface area contributed by atoms with Gasteiger partial charge in [0.1, 0.15) is 0 Å². The van der Waals surface area contributed by atoms with E-state index in [4.69, 9.17) is 11.6 Å². The third kappa shape index (κ3) is 3.57. The molecule has 23 heavy (non-hydrogen) atoms. The number of carbonyl (C=O) groups is 1. The Labute approximate surface area is 140 Å². The Morgan fingerprint density at radius 2 is 1.78 bits per heavy atom. The van der Waals surface area contributed by atoms with Crippen molar-refractivity contribution in [2.45, 2.75) is 17.2 Å². The highest BCUT2D eigenvalue weighted by atomic mass is 35.5. The lowest BCUT2D eigenvalue weighted by atomic mass is 10.1. The van der Waals surface area contributed by atoms with Gasteiger partial charge in [-0.3, -0.25) is 4.79 Å². The average molecular weight is 350 g/mol. The first-order valence-corrected chi connectivity index (χ1v) is 9.48. The molecule has 2 atom stereocenters. The lowest BCUT2D eigenvalue weighted by Crippen LogP contribution is -2.14. The molecule has 1 amide bonds. The third-order valence-corrected chi connectivity index (χ3v) is 5.45. The fourth-order valence-electron chi connectivity index (χ4n) is 2.62. The molecular weight excluding hydrogens is 334 g/mol. The Bertz CT molecular complexity index is 846. The topological polar surface area (TPSA) is 63.2 Å². The van der Waals surface area contributed by atoms with Crippen molar-refractivity contribution in [1.82, 2.24) is 0 Å². The molecule has 0 unspecified atom stereocenters. The van der Waals surface area contributed by atoms with Crippen LogP contribution in [-0.2, 0) is 14.6 Å². The molecule has 1 fully saturated rings. The second-order valence-corrected chi connectivity index (χ2v) is 8.18. The predicted molar refractivity (Wildman–Crippen MR) is 90.5 cm³/mol. The molecule has 2 aromatic rings. The van der Waals surface area contributed by atoms with E-state index in [0.29, 0.717) is 10.7 Å². The standard InChI is InChI=1S/C17H16ClNO3S/c1-23(21,22)12-8-6-11(7-9-12)19-17(20)15-10-14(15)13-4-2-3-5-16(13)18/h2-9,14-15H,10H2,1H3,(H,19,20)/t14-,15-/m1/s1. The summed E-state index contributed by atoms with van der Waals surface area (Å²) in [6, 6.07) is 13.7. The summed E-state index contributed by atoms with van der Waals surface area (Å²) in [7, 11) is -3.23. The van der Waals surface area contributed by atoms with Crippen LogP contribution in [0.3, 0.4) is 0 Å². The number of halogens is 1. The van der Waals surface area contributed by atoms with Crippen LogP contribution in [0.4, 0.5) is 5.69 Å². The van der Waals surface area contributed by atoms with Gasteiger partial charge in [0.15, 0.2) is 9.84 Å². The van der Waals surface area contributed by atoms with Crippen molar-refractivity contribution < 1.29 is 13.2 Å². The Morgan fingerprint density at radius 1 is 1.13 bits per heavy atom. The van der Waals surface area contributed by atoms with Crippen LogP contribution in [0.15, 0.2) is 53.4 Å². The van der Waals surface area contributed by atoms with E-state index >= 15 is 0 Å². The van der Waals surface area contributed by atoms with Gasteiger partial charge < -0.3 is 5.32 Å². The molecule has 0 spiro atoms. The SMILES string of the molecule is CS(=O)(=O)c1ccc(NC(=O)[C@@H]2C[C@@H]2c2ccccc2Cl)cc1. The van der Waals surface area contributed by atoms with Crippen molar-refractivity contribution in [3.63, 3.8) is 0 Å². The van der Waals surface area contributed by atoms with E-state index < -0.39 is 9.84 Å². The fourth-order valence-corrected chi connectivity index (χ4v) is 3.53. The monoisotopic (exact) mass is 349 g/mol. The van der Waals surface area contributed by atoms with Crippen LogP contribution in [0, 0.1) is 5.92 Å². The van der Waals surface area contributed by atoms with E-state index in [0.717, 1.165) is 18.2 Å². The van der Waals surface area contributed by atoms with Crippen molar-refractivity contribution in [3.05, 3.63) is 59.1 Å². The highest BCUT2D eigenvalue weighted by molar-refractivity contribution is 7.90. The summed E-state index contributed by atoms with van der Waals surface area (Å²) >= 11 is 6.16. The van der Waals surface area contributed by atoms with Gasteiger partial charge >= 0.3 is 0 Å². The van der Waals surface area contributed by atoms with Crippen molar-refractivity contribution in [2.75, 3.05) is 11.6 Å². The summed E-state index contributed by atoms with van der Waals surface area (Å²) < 4.78 is 22.8. The lowest BCUT2D eigenvalue weighted by molar-refractivity contribution is -0.117. The van der Waals surface area contributed by atoms with E-state index in [1.165, 1.54) is 12.1 Å². The molecule has 0 saturated heterocycles. The minimum Gasteiger partial charge on any atom is -0.326 e. The summed E-state index contributed by atoms with van der Waals surface area (Å²) in [5.74, 6) is -0.00879. The number of benzene rings is 2. The zero-order valence-electron chi connectivity index (χ0n) is 12.5. The number of rotatable bonds is 4. The quantitative estimate of drug-likeness (QED) is 0.919. The maximum Gasteiger partial charge on any atom is 0.228 e. The van der Waals surface area contributed by atoms with Gasteiger partial charge in [0.2, 0.25) is 5.91 Å². The number of carbonyl (C=O) groups excluding carboxylic acids is 1. The zero-order valence-corrected chi connectivity index (χ0v) is 14.1. The normalized spacial score (nSPS) is 20.1. The summed E-state index contributed by atoms with van der Waals surface area (Å²) in [6.45, 7) is 0. The number of nitrogens with one attached hydrogen (secondary N) is 1. The second kappa shape index (κ2) is 5.98. The van der Waals surface area contributed by atoms with Crippen molar-refractivity contribution in [1.29, 1.82) is 0 Å². The van der Waals surface area contributed by atoms with Crippen molar-refractivity contribution in [3.8, 4) is 0 Å². The maximum absolute atomic E-state index is 12.3. The summed E-state index contributed by atoms with van der Waals surface area (Å²) in [5.41, 5.74) is 1.59. The van der Waals surface area contributed by atoms with Crippen molar-refractivity contribution in [2.24, 2.45) is 5.92 Å². The fraction of sp³-hybridized carbons (Fsp3) is 0.235. The Kier molecular flexibility index (Phi) is 4.17. The maximum atomic E-state index is 12.3. The number of hydrogen-bond donors (Lipinski definition) is 1. The number of hydrogen-bond acceptors (Lipinski definition) is 3. The Balaban J connectivity index is 1.66. The predicted octanol–water partition coefficient (Wildman–Crippen LogP) is 3.49. The first-order chi connectivity index (χ1) is 10.9. The summed E-state index contributed by atoms with van der Waals surface area (Å²) in [4.78, 5) is 12.5. The van der Waals surface area contributed by atoms with Gasteiger partial charge in [0, 0.05) is 22.9 Å². The molecule has 0 heterocycles. The molecule has 6 heteroatoms. The van der Waals surface area contributed by atoms with Gasteiger partial charge in [-0.05, 0) is 48.2 Å². The Hall–Kier alpha value is -1.85. The van der Waals surface area contributed by atoms with Gasteiger partial charge in [-0.2, -0.15) is 0 Å². The first kappa shape index (κ1) is 16.0. The molecule has 3 rings (SSSR count). The van der Waals surface area contributed by atoms with Crippen LogP contribution in [-0.4, -0.2) is 20.6 Å². The lowest BCUT2D eigenvalue weighted by Gasteiger charge is -2.07. The smallest absolute Gasteiger partial charge is 0.228 e. The van der Waals surface area contributed by atoms with Gasteiger partial charge in [-0.1, -0.05) is 29.8 Å². The van der Waals surface area contributed by atoms with Gasteiger partial charge in [-0.25, -0.2) is 8.42 Å². The zero-order chi connectivity index (χ0) is 16.6. The van der Waals surface area contributed by atoms with Crippen molar-refractivity contribution >= 4 is 33.0 Å². The minimum absolute atomic E-state index is 0.0676. The van der Waals surface area contributed by atoms with Crippen LogP contribution in [0.2, 0.25) is 5.02 Å². The van der Waals surface area contributed by atoms with E-state index in [9.17, 15) is 13.2 Å². The minimum atomic E-state index is -3.23. The molecule has 4 nitrogen and oxygen atoms in total. The van der Waals surface area contributed by atoms with Gasteiger partial charge in [-0.15, -0.1) is 0 Å². The van der Waals surface area contributed by atoms with Crippen LogP contribution < -0.4 is 5.32 Å². The molecule has 1 aliphatic rings. The molecule has 1 saturated carbocycles. The molecule has 0 aliphatic heterocycles. The highest BCUT2D eigenvalue weighted by Gasteiger charge is 2.44. The molecule has 1 aliphatic carbocycles. The number of amides is 1.